The van der Waals surface area contributed by atoms with Crippen molar-refractivity contribution < 1.29 is 0 Å². The van der Waals surface area contributed by atoms with Crippen molar-refractivity contribution in [3.8, 4) is 0 Å². The topological polar surface area (TPSA) is 66.7 Å². The highest BCUT2D eigenvalue weighted by Gasteiger charge is 2.26. The van der Waals surface area contributed by atoms with Crippen molar-refractivity contribution in [3.05, 3.63) is 18.2 Å². The van der Waals surface area contributed by atoms with Crippen molar-refractivity contribution in [2.75, 3.05) is 0 Å². The molecule has 1 aliphatic carbocycles. The summed E-state index contributed by atoms with van der Waals surface area (Å²) in [6.45, 7) is 0. The Morgan fingerprint density at radius 2 is 2.58 bits per heavy atom. The Labute approximate surface area is 71.5 Å². The highest BCUT2D eigenvalue weighted by atomic mass is 15.2. The quantitative estimate of drug-likeness (QED) is 0.456. The van der Waals surface area contributed by atoms with E-state index in [1.165, 1.54) is 12.8 Å². The molecule has 1 fully saturated rings. The molecule has 0 amide bonds. The summed E-state index contributed by atoms with van der Waals surface area (Å²) in [5.41, 5.74) is 2.78. The molecule has 4 N–H and O–H groups in total. The Kier molecular flexibility index (Phi) is 2.10. The fourth-order valence-corrected chi connectivity index (χ4v) is 1.41. The predicted octanol–water partition coefficient (Wildman–Crippen LogP) is 0.714. The van der Waals surface area contributed by atoms with Crippen LogP contribution in [0.2, 0.25) is 0 Å². The predicted molar refractivity (Wildman–Crippen MR) is 46.0 cm³/mol. The first-order valence-electron chi connectivity index (χ1n) is 4.35. The molecule has 0 spiro atoms. The zero-order valence-corrected chi connectivity index (χ0v) is 6.96. The Morgan fingerprint density at radius 3 is 3.08 bits per heavy atom. The molecule has 12 heavy (non-hydrogen) atoms. The van der Waals surface area contributed by atoms with Crippen LogP contribution in [0.3, 0.4) is 0 Å². The Balaban J connectivity index is 1.97. The molecule has 0 aromatic carbocycles. The van der Waals surface area contributed by atoms with Gasteiger partial charge in [0.05, 0.1) is 6.04 Å². The van der Waals surface area contributed by atoms with E-state index in [9.17, 15) is 0 Å². The second-order valence-corrected chi connectivity index (χ2v) is 3.37. The van der Waals surface area contributed by atoms with Gasteiger partial charge in [0.25, 0.3) is 0 Å². The molecule has 1 unspecified atom stereocenters. The number of nitrogens with two attached hydrogens (primary N) is 1. The van der Waals surface area contributed by atoms with Gasteiger partial charge in [-0.2, -0.15) is 0 Å². The monoisotopic (exact) mass is 166 g/mol. The summed E-state index contributed by atoms with van der Waals surface area (Å²) in [7, 11) is 0. The highest BCUT2D eigenvalue weighted by molar-refractivity contribution is 4.96. The third kappa shape index (κ3) is 1.65. The first-order chi connectivity index (χ1) is 5.90. The standard InChI is InChI=1S/C8H14N4/c9-12-7(5-6-1-2-6)8-10-3-4-11-8/h3-4,6-7,12H,1-2,5,9H2,(H,10,11). The van der Waals surface area contributed by atoms with Gasteiger partial charge in [0.15, 0.2) is 0 Å². The van der Waals surface area contributed by atoms with Crippen LogP contribution in [0.5, 0.6) is 0 Å². The normalized spacial score (nSPS) is 19.4. The summed E-state index contributed by atoms with van der Waals surface area (Å²) in [4.78, 5) is 7.24. The van der Waals surface area contributed by atoms with Gasteiger partial charge in [-0.1, -0.05) is 12.8 Å². The molecular formula is C8H14N4. The Morgan fingerprint density at radius 1 is 1.75 bits per heavy atom. The molecule has 0 radical (unpaired) electrons. The molecule has 66 valence electrons. The van der Waals surface area contributed by atoms with Crippen molar-refractivity contribution in [3.63, 3.8) is 0 Å². The summed E-state index contributed by atoms with van der Waals surface area (Å²) in [5, 5.41) is 0. The van der Waals surface area contributed by atoms with E-state index in [1.54, 1.807) is 6.20 Å². The van der Waals surface area contributed by atoms with Gasteiger partial charge in [-0.3, -0.25) is 5.84 Å². The average molecular weight is 166 g/mol. The SMILES string of the molecule is NNC(CC1CC1)c1ncc[nH]1. The maximum atomic E-state index is 5.43. The van der Waals surface area contributed by atoms with Gasteiger partial charge in [-0.25, -0.2) is 10.4 Å². The molecule has 1 aromatic rings. The van der Waals surface area contributed by atoms with E-state index in [-0.39, 0.29) is 6.04 Å². The van der Waals surface area contributed by atoms with Crippen LogP contribution in [0, 0.1) is 5.92 Å². The number of rotatable bonds is 4. The van der Waals surface area contributed by atoms with Crippen LogP contribution < -0.4 is 11.3 Å². The van der Waals surface area contributed by atoms with Crippen LogP contribution in [0.4, 0.5) is 0 Å². The van der Waals surface area contributed by atoms with Crippen molar-refractivity contribution in [1.29, 1.82) is 0 Å². The third-order valence-electron chi connectivity index (χ3n) is 2.32. The van der Waals surface area contributed by atoms with E-state index in [4.69, 9.17) is 5.84 Å². The molecule has 0 aliphatic heterocycles. The zero-order valence-electron chi connectivity index (χ0n) is 6.96. The Bertz CT molecular complexity index is 227. The lowest BCUT2D eigenvalue weighted by Crippen LogP contribution is -2.29. The highest BCUT2D eigenvalue weighted by Crippen LogP contribution is 2.36. The average Bonchev–Trinajstić information content (AvgIpc) is 2.74. The van der Waals surface area contributed by atoms with E-state index >= 15 is 0 Å². The lowest BCUT2D eigenvalue weighted by Gasteiger charge is -2.11. The number of hydrogen-bond donors (Lipinski definition) is 3. The number of nitrogens with zero attached hydrogens (tertiary/aromatic N) is 1. The van der Waals surface area contributed by atoms with Crippen LogP contribution in [0.15, 0.2) is 12.4 Å². The van der Waals surface area contributed by atoms with Crippen LogP contribution in [-0.2, 0) is 0 Å². The molecule has 4 nitrogen and oxygen atoms in total. The third-order valence-corrected chi connectivity index (χ3v) is 2.32. The number of hydrazine groups is 1. The van der Waals surface area contributed by atoms with Gasteiger partial charge in [-0.05, 0) is 12.3 Å². The second-order valence-electron chi connectivity index (χ2n) is 3.37. The summed E-state index contributed by atoms with van der Waals surface area (Å²) in [6, 6.07) is 0.201. The van der Waals surface area contributed by atoms with Gasteiger partial charge in [-0.15, -0.1) is 0 Å². The number of imidazole rings is 1. The van der Waals surface area contributed by atoms with Crippen molar-refractivity contribution in [1.82, 2.24) is 15.4 Å². The molecular weight excluding hydrogens is 152 g/mol. The molecule has 1 saturated carbocycles. The van der Waals surface area contributed by atoms with Gasteiger partial charge >= 0.3 is 0 Å². The fourth-order valence-electron chi connectivity index (χ4n) is 1.41. The molecule has 0 saturated heterocycles. The van der Waals surface area contributed by atoms with E-state index in [0.717, 1.165) is 18.2 Å². The molecule has 1 heterocycles. The van der Waals surface area contributed by atoms with Crippen LogP contribution >= 0.6 is 0 Å². The van der Waals surface area contributed by atoms with E-state index in [1.807, 2.05) is 6.20 Å². The number of nitrogens with one attached hydrogen (secondary N) is 2. The van der Waals surface area contributed by atoms with E-state index in [0.29, 0.717) is 0 Å². The fraction of sp³-hybridized carbons (Fsp3) is 0.625. The maximum Gasteiger partial charge on any atom is 0.124 e. The summed E-state index contributed by atoms with van der Waals surface area (Å²) >= 11 is 0. The van der Waals surface area contributed by atoms with E-state index in [2.05, 4.69) is 15.4 Å². The molecule has 4 heteroatoms. The summed E-state index contributed by atoms with van der Waals surface area (Å²) < 4.78 is 0. The molecule has 2 rings (SSSR count). The van der Waals surface area contributed by atoms with Gasteiger partial charge in [0, 0.05) is 12.4 Å². The van der Waals surface area contributed by atoms with Gasteiger partial charge in [0.1, 0.15) is 5.82 Å². The van der Waals surface area contributed by atoms with Crippen molar-refractivity contribution >= 4 is 0 Å². The number of H-pyrrole nitrogens is 1. The van der Waals surface area contributed by atoms with Crippen LogP contribution in [0.1, 0.15) is 31.1 Å². The molecule has 1 aromatic heterocycles. The number of aromatic nitrogens is 2. The smallest absolute Gasteiger partial charge is 0.124 e. The van der Waals surface area contributed by atoms with Crippen LogP contribution in [0.25, 0.3) is 0 Å². The maximum absolute atomic E-state index is 5.43. The summed E-state index contributed by atoms with van der Waals surface area (Å²) in [6.07, 6.45) is 7.38. The minimum atomic E-state index is 0.201. The molecule has 1 atom stereocenters. The van der Waals surface area contributed by atoms with E-state index < -0.39 is 0 Å². The lowest BCUT2D eigenvalue weighted by molar-refractivity contribution is 0.468. The van der Waals surface area contributed by atoms with Crippen molar-refractivity contribution in [2.24, 2.45) is 11.8 Å². The largest absolute Gasteiger partial charge is 0.347 e. The number of hydrogen-bond acceptors (Lipinski definition) is 3. The zero-order chi connectivity index (χ0) is 8.39. The van der Waals surface area contributed by atoms with Gasteiger partial charge < -0.3 is 4.98 Å². The van der Waals surface area contributed by atoms with Crippen LogP contribution in [-0.4, -0.2) is 9.97 Å². The van der Waals surface area contributed by atoms with Gasteiger partial charge in [0.2, 0.25) is 0 Å². The first kappa shape index (κ1) is 7.76. The Hall–Kier alpha value is -0.870. The minimum Gasteiger partial charge on any atom is -0.347 e. The first-order valence-corrected chi connectivity index (χ1v) is 4.35. The summed E-state index contributed by atoms with van der Waals surface area (Å²) in [5.74, 6) is 7.24. The molecule has 0 bridgehead atoms. The minimum absolute atomic E-state index is 0.201. The number of aromatic amines is 1. The lowest BCUT2D eigenvalue weighted by atomic mass is 10.1. The molecule has 1 aliphatic rings. The second kappa shape index (κ2) is 3.25. The van der Waals surface area contributed by atoms with Crippen molar-refractivity contribution in [2.45, 2.75) is 25.3 Å².